The Morgan fingerprint density at radius 2 is 1.50 bits per heavy atom. The molecule has 0 radical (unpaired) electrons. The van der Waals surface area contributed by atoms with Crippen molar-refractivity contribution in [1.82, 2.24) is 0 Å². The van der Waals surface area contributed by atoms with Crippen LogP contribution in [0, 0.1) is 5.41 Å². The molecule has 1 nitrogen and oxygen atoms in total. The summed E-state index contributed by atoms with van der Waals surface area (Å²) in [5.41, 5.74) is 6.61. The van der Waals surface area contributed by atoms with Crippen LogP contribution < -0.4 is 5.73 Å². The van der Waals surface area contributed by atoms with Crippen molar-refractivity contribution in [2.75, 3.05) is 0 Å². The Hall–Kier alpha value is 0.690. The Labute approximate surface area is 88.6 Å². The number of hydrogen-bond acceptors (Lipinski definition) is 1. The van der Waals surface area contributed by atoms with Gasteiger partial charge in [-0.25, -0.2) is 0 Å². The van der Waals surface area contributed by atoms with E-state index in [-0.39, 0.29) is 0 Å². The van der Waals surface area contributed by atoms with Crippen LogP contribution in [-0.4, -0.2) is 9.46 Å². The number of nitrogens with two attached hydrogens (primary N) is 1. The molecule has 0 spiro atoms. The second kappa shape index (κ2) is 2.84. The first-order valence-corrected chi connectivity index (χ1v) is 6.09. The number of fused-ring (bicyclic) bond motifs is 3. The Balaban J connectivity index is 2.14. The number of hydrogen-bond donors (Lipinski definition) is 1. The third-order valence-corrected chi connectivity index (χ3v) is 5.80. The zero-order chi connectivity index (χ0) is 8.82. The van der Waals surface area contributed by atoms with Gasteiger partial charge in [0.25, 0.3) is 0 Å². The third-order valence-electron chi connectivity index (χ3n) is 4.18. The minimum Gasteiger partial charge on any atom is -0.327 e. The zero-order valence-corrected chi connectivity index (χ0v) is 9.93. The summed E-state index contributed by atoms with van der Waals surface area (Å²) in [6.07, 6.45) is 8.38. The average Bonchev–Trinajstić information content (AvgIpc) is 2.06. The Bertz CT molecular complexity index is 164. The molecule has 0 heterocycles. The second-order valence-corrected chi connectivity index (χ2v) is 7.09. The molecule has 0 saturated heterocycles. The van der Waals surface area contributed by atoms with Gasteiger partial charge >= 0.3 is 0 Å². The standard InChI is InChI=1S/C10H18IN/c1-8(12)9-2-5-10(11,6-3-9)7-4-9/h8H,2-7,12H2,1H3. The Kier molecular flexibility index (Phi) is 2.19. The summed E-state index contributed by atoms with van der Waals surface area (Å²) >= 11 is 2.68. The lowest BCUT2D eigenvalue weighted by Gasteiger charge is -2.53. The monoisotopic (exact) mass is 279 g/mol. The fraction of sp³-hybridized carbons (Fsp3) is 1.00. The quantitative estimate of drug-likeness (QED) is 0.579. The van der Waals surface area contributed by atoms with Crippen molar-refractivity contribution in [1.29, 1.82) is 0 Å². The third kappa shape index (κ3) is 1.31. The van der Waals surface area contributed by atoms with Crippen LogP contribution in [0.4, 0.5) is 0 Å². The van der Waals surface area contributed by atoms with E-state index in [4.69, 9.17) is 5.73 Å². The topological polar surface area (TPSA) is 26.0 Å². The van der Waals surface area contributed by atoms with Gasteiger partial charge in [-0.3, -0.25) is 0 Å². The highest BCUT2D eigenvalue weighted by atomic mass is 127. The molecule has 1 unspecified atom stereocenters. The molecule has 12 heavy (non-hydrogen) atoms. The van der Waals surface area contributed by atoms with Crippen molar-refractivity contribution in [2.45, 2.75) is 54.9 Å². The smallest absolute Gasteiger partial charge is 0.0223 e. The molecule has 0 aromatic carbocycles. The first-order valence-electron chi connectivity index (χ1n) is 5.01. The highest BCUT2D eigenvalue weighted by Crippen LogP contribution is 2.57. The summed E-state index contributed by atoms with van der Waals surface area (Å²) in [4.78, 5) is 0. The predicted molar refractivity (Wildman–Crippen MR) is 60.5 cm³/mol. The molecule has 3 rings (SSSR count). The summed E-state index contributed by atoms with van der Waals surface area (Å²) in [5.74, 6) is 0. The van der Waals surface area contributed by atoms with E-state index in [1.807, 2.05) is 0 Å². The largest absolute Gasteiger partial charge is 0.327 e. The summed E-state index contributed by atoms with van der Waals surface area (Å²) in [6.45, 7) is 2.20. The molecule has 2 N–H and O–H groups in total. The van der Waals surface area contributed by atoms with Crippen molar-refractivity contribution in [3.05, 3.63) is 0 Å². The van der Waals surface area contributed by atoms with Crippen LogP contribution in [0.25, 0.3) is 0 Å². The van der Waals surface area contributed by atoms with Crippen LogP contribution in [-0.2, 0) is 0 Å². The lowest BCUT2D eigenvalue weighted by Crippen LogP contribution is -2.50. The van der Waals surface area contributed by atoms with Crippen molar-refractivity contribution in [2.24, 2.45) is 11.1 Å². The lowest BCUT2D eigenvalue weighted by atomic mass is 9.58. The zero-order valence-electron chi connectivity index (χ0n) is 7.78. The molecule has 3 aliphatic carbocycles. The average molecular weight is 279 g/mol. The normalized spacial score (nSPS) is 49.2. The maximum Gasteiger partial charge on any atom is 0.0223 e. The molecule has 0 aromatic rings. The highest BCUT2D eigenvalue weighted by Gasteiger charge is 2.48. The van der Waals surface area contributed by atoms with Gasteiger partial charge in [-0.2, -0.15) is 0 Å². The lowest BCUT2D eigenvalue weighted by molar-refractivity contribution is 0.0673. The van der Waals surface area contributed by atoms with Crippen LogP contribution >= 0.6 is 22.6 Å². The second-order valence-electron chi connectivity index (χ2n) is 4.80. The van der Waals surface area contributed by atoms with Gasteiger partial charge in [0.1, 0.15) is 0 Å². The van der Waals surface area contributed by atoms with Crippen LogP contribution in [0.3, 0.4) is 0 Å². The summed E-state index contributed by atoms with van der Waals surface area (Å²) in [7, 11) is 0. The van der Waals surface area contributed by atoms with E-state index < -0.39 is 0 Å². The summed E-state index contributed by atoms with van der Waals surface area (Å²) < 4.78 is 0.661. The van der Waals surface area contributed by atoms with Gasteiger partial charge in [-0.1, -0.05) is 22.6 Å². The minimum absolute atomic E-state index is 0.416. The van der Waals surface area contributed by atoms with E-state index in [1.54, 1.807) is 0 Å². The maximum atomic E-state index is 6.08. The van der Waals surface area contributed by atoms with E-state index >= 15 is 0 Å². The molecule has 2 bridgehead atoms. The highest BCUT2D eigenvalue weighted by molar-refractivity contribution is 14.1. The number of alkyl halides is 1. The molecule has 0 aromatic heterocycles. The molecule has 0 aliphatic heterocycles. The van der Waals surface area contributed by atoms with Crippen LogP contribution in [0.2, 0.25) is 0 Å². The molecular weight excluding hydrogens is 261 g/mol. The summed E-state index contributed by atoms with van der Waals surface area (Å²) in [5, 5.41) is 0. The van der Waals surface area contributed by atoms with E-state index in [0.717, 1.165) is 0 Å². The fourth-order valence-electron chi connectivity index (χ4n) is 2.85. The molecular formula is C10H18IN. The van der Waals surface area contributed by atoms with Crippen LogP contribution in [0.15, 0.2) is 0 Å². The molecule has 3 fully saturated rings. The van der Waals surface area contributed by atoms with Gasteiger partial charge in [0.15, 0.2) is 0 Å². The van der Waals surface area contributed by atoms with Gasteiger partial charge in [-0.15, -0.1) is 0 Å². The van der Waals surface area contributed by atoms with Crippen LogP contribution in [0.5, 0.6) is 0 Å². The summed E-state index contributed by atoms with van der Waals surface area (Å²) in [6, 6.07) is 0.416. The molecule has 70 valence electrons. The van der Waals surface area contributed by atoms with E-state index in [0.29, 0.717) is 14.9 Å². The van der Waals surface area contributed by atoms with Crippen molar-refractivity contribution >= 4 is 22.6 Å². The van der Waals surface area contributed by atoms with Crippen molar-refractivity contribution in [3.8, 4) is 0 Å². The van der Waals surface area contributed by atoms with Gasteiger partial charge < -0.3 is 5.73 Å². The number of halogens is 1. The maximum absolute atomic E-state index is 6.08. The Morgan fingerprint density at radius 3 is 1.83 bits per heavy atom. The number of rotatable bonds is 1. The van der Waals surface area contributed by atoms with Crippen molar-refractivity contribution in [3.63, 3.8) is 0 Å². The van der Waals surface area contributed by atoms with Gasteiger partial charge in [-0.05, 0) is 50.9 Å². The van der Waals surface area contributed by atoms with Gasteiger partial charge in [0.05, 0.1) is 0 Å². The van der Waals surface area contributed by atoms with Gasteiger partial charge in [0, 0.05) is 9.46 Å². The van der Waals surface area contributed by atoms with Crippen molar-refractivity contribution < 1.29 is 0 Å². The molecule has 3 aliphatic rings. The molecule has 1 atom stereocenters. The SMILES string of the molecule is CC(N)C12CCC(I)(CC1)CC2. The first kappa shape index (κ1) is 9.25. The molecule has 3 saturated carbocycles. The fourth-order valence-corrected chi connectivity index (χ4v) is 3.66. The minimum atomic E-state index is 0.416. The first-order chi connectivity index (χ1) is 5.56. The Morgan fingerprint density at radius 1 is 1.08 bits per heavy atom. The molecule has 0 amide bonds. The van der Waals surface area contributed by atoms with Gasteiger partial charge in [0.2, 0.25) is 0 Å². The van der Waals surface area contributed by atoms with E-state index in [9.17, 15) is 0 Å². The van der Waals surface area contributed by atoms with E-state index in [2.05, 4.69) is 29.5 Å². The predicted octanol–water partition coefficient (Wildman–Crippen LogP) is 2.86. The van der Waals surface area contributed by atoms with Crippen LogP contribution in [0.1, 0.15) is 45.4 Å². The van der Waals surface area contributed by atoms with E-state index in [1.165, 1.54) is 38.5 Å². The molecule has 2 heteroatoms.